The lowest BCUT2D eigenvalue weighted by Gasteiger charge is -1.94. The first-order valence-corrected chi connectivity index (χ1v) is 9.16. The number of hydrogen-bond acceptors (Lipinski definition) is 2. The predicted octanol–water partition coefficient (Wildman–Crippen LogP) is 3.71. The zero-order valence-corrected chi connectivity index (χ0v) is 16.7. The third kappa shape index (κ3) is 20.4. The van der Waals surface area contributed by atoms with Crippen LogP contribution in [0, 0.1) is 82.9 Å². The highest BCUT2D eigenvalue weighted by molar-refractivity contribution is 5.72. The quantitative estimate of drug-likeness (QED) is 0.549. The van der Waals surface area contributed by atoms with Crippen molar-refractivity contribution in [2.45, 2.75) is 65.2 Å². The second kappa shape index (κ2) is 21.4. The van der Waals surface area contributed by atoms with Crippen LogP contribution in [-0.2, 0) is 9.53 Å². The van der Waals surface area contributed by atoms with E-state index in [1.807, 2.05) is 6.92 Å². The summed E-state index contributed by atoms with van der Waals surface area (Å²) in [5.74, 6) is 40.6. The summed E-state index contributed by atoms with van der Waals surface area (Å²) < 4.78 is 4.76. The summed E-state index contributed by atoms with van der Waals surface area (Å²) in [4.78, 5) is 11.0. The molecule has 0 atom stereocenters. The third-order valence-electron chi connectivity index (χ3n) is 2.65. The smallest absolute Gasteiger partial charge is 0.317 e. The van der Waals surface area contributed by atoms with Gasteiger partial charge in [0.1, 0.15) is 6.42 Å². The number of hydrogen-bond donors (Lipinski definition) is 0. The summed E-state index contributed by atoms with van der Waals surface area (Å²) in [6.07, 6.45) is 4.11. The van der Waals surface area contributed by atoms with Crippen molar-refractivity contribution in [1.29, 1.82) is 0 Å². The number of ether oxygens (including phenoxy) is 1. The number of esters is 1. The van der Waals surface area contributed by atoms with Crippen LogP contribution in [0.25, 0.3) is 0 Å². The van der Waals surface area contributed by atoms with Gasteiger partial charge in [0.25, 0.3) is 0 Å². The third-order valence-corrected chi connectivity index (χ3v) is 2.65. The number of rotatable bonds is 2. The van der Waals surface area contributed by atoms with Gasteiger partial charge in [0, 0.05) is 6.42 Å². The largest absolute Gasteiger partial charge is 0.465 e. The molecule has 0 aliphatic heterocycles. The standard InChI is InChI=1S/C26H24O2/c1-3-5-6-7-8-9-10-11-12-13-14-15-16-17-18-19-20-21-22-23-24-25-26(27)28-4-2/h3-4,7,10,13,16,19,22,25H2,1-2H3. The van der Waals surface area contributed by atoms with E-state index in [4.69, 9.17) is 4.74 Å². The topological polar surface area (TPSA) is 26.3 Å². The van der Waals surface area contributed by atoms with Gasteiger partial charge >= 0.3 is 5.97 Å². The molecule has 0 aromatic heterocycles. The van der Waals surface area contributed by atoms with Crippen molar-refractivity contribution in [3.05, 3.63) is 0 Å². The Balaban J connectivity index is 3.81. The van der Waals surface area contributed by atoms with Gasteiger partial charge < -0.3 is 4.74 Å². The molecule has 0 saturated carbocycles. The van der Waals surface area contributed by atoms with E-state index < -0.39 is 0 Å². The van der Waals surface area contributed by atoms with E-state index in [0.29, 0.717) is 45.1 Å². The maximum Gasteiger partial charge on any atom is 0.317 e. The molecule has 0 aliphatic rings. The maximum atomic E-state index is 11.0. The van der Waals surface area contributed by atoms with Crippen LogP contribution in [0.1, 0.15) is 65.2 Å². The Morgan fingerprint density at radius 3 is 1.18 bits per heavy atom. The van der Waals surface area contributed by atoms with Gasteiger partial charge in [-0.05, 0) is 6.92 Å². The zero-order valence-electron chi connectivity index (χ0n) is 16.7. The Bertz CT molecular complexity index is 903. The summed E-state index contributed by atoms with van der Waals surface area (Å²) in [6.45, 7) is 4.16. The molecule has 0 radical (unpaired) electrons. The molecular weight excluding hydrogens is 344 g/mol. The van der Waals surface area contributed by atoms with Crippen LogP contribution < -0.4 is 0 Å². The van der Waals surface area contributed by atoms with Gasteiger partial charge in [0.2, 0.25) is 0 Å². The van der Waals surface area contributed by atoms with Gasteiger partial charge in [-0.2, -0.15) is 0 Å². The van der Waals surface area contributed by atoms with Crippen molar-refractivity contribution >= 4 is 5.97 Å². The van der Waals surface area contributed by atoms with Crippen molar-refractivity contribution in [3.8, 4) is 82.9 Å². The van der Waals surface area contributed by atoms with Crippen LogP contribution in [0.5, 0.6) is 0 Å². The molecule has 0 bridgehead atoms. The van der Waals surface area contributed by atoms with Crippen LogP contribution in [0.2, 0.25) is 0 Å². The van der Waals surface area contributed by atoms with Gasteiger partial charge in [0.15, 0.2) is 0 Å². The molecule has 0 N–H and O–H groups in total. The summed E-state index contributed by atoms with van der Waals surface area (Å²) in [5, 5.41) is 0. The minimum absolute atomic E-state index is 0.111. The average molecular weight is 368 g/mol. The van der Waals surface area contributed by atoms with E-state index in [-0.39, 0.29) is 12.4 Å². The van der Waals surface area contributed by atoms with Crippen molar-refractivity contribution in [3.63, 3.8) is 0 Å². The summed E-state index contributed by atoms with van der Waals surface area (Å²) in [7, 11) is 0. The fourth-order valence-corrected chi connectivity index (χ4v) is 1.49. The van der Waals surface area contributed by atoms with Crippen LogP contribution in [0.4, 0.5) is 0 Å². The van der Waals surface area contributed by atoms with E-state index in [9.17, 15) is 4.79 Å². The maximum absolute atomic E-state index is 11.0. The highest BCUT2D eigenvalue weighted by Gasteiger charge is 1.94. The lowest BCUT2D eigenvalue weighted by Crippen LogP contribution is -2.01. The monoisotopic (exact) mass is 368 g/mol. The van der Waals surface area contributed by atoms with Gasteiger partial charge in [-0.3, -0.25) is 4.79 Å². The highest BCUT2D eigenvalue weighted by atomic mass is 16.5. The normalized spacial score (nSPS) is 7.07. The predicted molar refractivity (Wildman–Crippen MR) is 114 cm³/mol. The Morgan fingerprint density at radius 1 is 0.536 bits per heavy atom. The van der Waals surface area contributed by atoms with E-state index in [0.717, 1.165) is 6.42 Å². The first-order chi connectivity index (χ1) is 13.8. The molecular formula is C26H24O2. The van der Waals surface area contributed by atoms with Crippen LogP contribution in [0.15, 0.2) is 0 Å². The Hall–Kier alpha value is -3.61. The van der Waals surface area contributed by atoms with Crippen LogP contribution in [0.3, 0.4) is 0 Å². The van der Waals surface area contributed by atoms with Gasteiger partial charge in [-0.25, -0.2) is 0 Å². The first-order valence-electron chi connectivity index (χ1n) is 9.16. The van der Waals surface area contributed by atoms with E-state index >= 15 is 0 Å². The Labute approximate surface area is 170 Å². The molecule has 2 nitrogen and oxygen atoms in total. The minimum atomic E-state index is -0.303. The van der Waals surface area contributed by atoms with E-state index in [1.54, 1.807) is 6.92 Å². The molecule has 0 unspecified atom stereocenters. The lowest BCUT2D eigenvalue weighted by atomic mass is 10.3. The van der Waals surface area contributed by atoms with Crippen molar-refractivity contribution < 1.29 is 9.53 Å². The van der Waals surface area contributed by atoms with Crippen LogP contribution >= 0.6 is 0 Å². The summed E-state index contributed by atoms with van der Waals surface area (Å²) >= 11 is 0. The van der Waals surface area contributed by atoms with Gasteiger partial charge in [-0.15, -0.1) is 5.92 Å². The zero-order chi connectivity index (χ0) is 20.5. The molecule has 0 aromatic rings. The second-order valence-corrected chi connectivity index (χ2v) is 4.87. The molecule has 140 valence electrons. The molecule has 28 heavy (non-hydrogen) atoms. The molecule has 2 heteroatoms. The van der Waals surface area contributed by atoms with Gasteiger partial charge in [-0.1, -0.05) is 83.9 Å². The fourth-order valence-electron chi connectivity index (χ4n) is 1.49. The molecule has 0 saturated heterocycles. The molecule has 0 aliphatic carbocycles. The molecule has 0 amide bonds. The van der Waals surface area contributed by atoms with E-state index in [1.165, 1.54) is 0 Å². The number of carbonyl (C=O) groups is 1. The van der Waals surface area contributed by atoms with Crippen LogP contribution in [-0.4, -0.2) is 12.6 Å². The Kier molecular flexibility index (Phi) is 18.7. The average Bonchev–Trinajstić information content (AvgIpc) is 2.69. The lowest BCUT2D eigenvalue weighted by molar-refractivity contribution is -0.141. The summed E-state index contributed by atoms with van der Waals surface area (Å²) in [6, 6.07) is 0. The van der Waals surface area contributed by atoms with E-state index in [2.05, 4.69) is 82.9 Å². The molecule has 0 rings (SSSR count). The Morgan fingerprint density at radius 2 is 0.857 bits per heavy atom. The molecule has 0 fully saturated rings. The molecule has 0 aromatic carbocycles. The SMILES string of the molecule is CCC#CCC#CCC#CCC#CCC#CCC#CCC#CCC(=O)OCC. The highest BCUT2D eigenvalue weighted by Crippen LogP contribution is 1.84. The van der Waals surface area contributed by atoms with Crippen molar-refractivity contribution in [2.24, 2.45) is 0 Å². The fraction of sp³-hybridized carbons (Fsp3) is 0.423. The van der Waals surface area contributed by atoms with Crippen molar-refractivity contribution in [1.82, 2.24) is 0 Å². The number of carbonyl (C=O) groups excluding carboxylic acids is 1. The van der Waals surface area contributed by atoms with Gasteiger partial charge in [0.05, 0.1) is 45.1 Å². The molecule has 0 spiro atoms. The minimum Gasteiger partial charge on any atom is -0.465 e. The summed E-state index contributed by atoms with van der Waals surface area (Å²) in [5.41, 5.74) is 0. The second-order valence-electron chi connectivity index (χ2n) is 4.87. The first kappa shape index (κ1) is 24.4. The molecule has 0 heterocycles. The van der Waals surface area contributed by atoms with Crippen molar-refractivity contribution in [2.75, 3.05) is 6.61 Å².